The number of fused-ring (bicyclic) bond motifs is 1. The fraction of sp³-hybridized carbons (Fsp3) is 0.333. The van der Waals surface area contributed by atoms with Crippen molar-refractivity contribution >= 4 is 16.9 Å². The molecule has 0 aliphatic heterocycles. The van der Waals surface area contributed by atoms with E-state index in [4.69, 9.17) is 9.15 Å². The molecule has 1 aromatic carbocycles. The maximum atomic E-state index is 12.0. The van der Waals surface area contributed by atoms with Gasteiger partial charge in [-0.15, -0.1) is 0 Å². The summed E-state index contributed by atoms with van der Waals surface area (Å²) in [6, 6.07) is 6.63. The van der Waals surface area contributed by atoms with Gasteiger partial charge in [0.25, 0.3) is 0 Å². The van der Waals surface area contributed by atoms with E-state index < -0.39 is 5.97 Å². The van der Waals surface area contributed by atoms with Gasteiger partial charge in [-0.25, -0.2) is 4.79 Å². The van der Waals surface area contributed by atoms with Crippen molar-refractivity contribution in [2.45, 2.75) is 26.7 Å². The standard InChI is InChI=1S/C15H16O4/c1-3-6-10-7-5-8-11-12(16)9-13(19-14(10)11)15(17)18-4-2/h5,7-9H,3-4,6H2,1-2H3. The Kier molecular flexibility index (Phi) is 4.00. The van der Waals surface area contributed by atoms with Gasteiger partial charge in [-0.2, -0.15) is 0 Å². The highest BCUT2D eigenvalue weighted by atomic mass is 16.5. The predicted molar refractivity (Wildman–Crippen MR) is 72.4 cm³/mol. The third-order valence-corrected chi connectivity index (χ3v) is 2.83. The summed E-state index contributed by atoms with van der Waals surface area (Å²) in [5, 5.41) is 0.499. The number of para-hydroxylation sites is 1. The molecule has 4 heteroatoms. The van der Waals surface area contributed by atoms with Crippen LogP contribution in [0.4, 0.5) is 0 Å². The summed E-state index contributed by atoms with van der Waals surface area (Å²) in [6.45, 7) is 4.00. The number of esters is 1. The number of rotatable bonds is 4. The molecule has 2 rings (SSSR count). The highest BCUT2D eigenvalue weighted by molar-refractivity contribution is 5.89. The molecule has 0 amide bonds. The molecule has 0 radical (unpaired) electrons. The molecule has 0 saturated carbocycles. The van der Waals surface area contributed by atoms with E-state index in [1.54, 1.807) is 13.0 Å². The zero-order chi connectivity index (χ0) is 13.8. The molecule has 0 spiro atoms. The van der Waals surface area contributed by atoms with Crippen molar-refractivity contribution < 1.29 is 13.9 Å². The first-order valence-electron chi connectivity index (χ1n) is 6.40. The zero-order valence-corrected chi connectivity index (χ0v) is 11.1. The van der Waals surface area contributed by atoms with Gasteiger partial charge < -0.3 is 9.15 Å². The van der Waals surface area contributed by atoms with Crippen LogP contribution in [0.25, 0.3) is 11.0 Å². The molecular weight excluding hydrogens is 244 g/mol. The number of ether oxygens (including phenoxy) is 1. The largest absolute Gasteiger partial charge is 0.460 e. The summed E-state index contributed by atoms with van der Waals surface area (Å²) in [7, 11) is 0. The zero-order valence-electron chi connectivity index (χ0n) is 11.1. The average molecular weight is 260 g/mol. The van der Waals surface area contributed by atoms with Crippen LogP contribution >= 0.6 is 0 Å². The topological polar surface area (TPSA) is 56.5 Å². The Balaban J connectivity index is 2.62. The maximum absolute atomic E-state index is 12.0. The van der Waals surface area contributed by atoms with E-state index in [0.29, 0.717) is 11.0 Å². The highest BCUT2D eigenvalue weighted by Crippen LogP contribution is 2.19. The normalized spacial score (nSPS) is 10.6. The second-order valence-corrected chi connectivity index (χ2v) is 4.24. The second kappa shape index (κ2) is 5.69. The summed E-state index contributed by atoms with van der Waals surface area (Å²) in [5.41, 5.74) is 1.20. The maximum Gasteiger partial charge on any atom is 0.374 e. The molecule has 0 N–H and O–H groups in total. The first-order valence-corrected chi connectivity index (χ1v) is 6.40. The minimum atomic E-state index is -0.604. The van der Waals surface area contributed by atoms with E-state index in [1.807, 2.05) is 19.1 Å². The van der Waals surface area contributed by atoms with Crippen LogP contribution in [-0.2, 0) is 11.2 Å². The highest BCUT2D eigenvalue weighted by Gasteiger charge is 2.14. The Morgan fingerprint density at radius 1 is 1.32 bits per heavy atom. The van der Waals surface area contributed by atoms with Crippen molar-refractivity contribution in [2.75, 3.05) is 6.61 Å². The monoisotopic (exact) mass is 260 g/mol. The molecule has 100 valence electrons. The molecule has 0 fully saturated rings. The van der Waals surface area contributed by atoms with Crippen LogP contribution in [0.3, 0.4) is 0 Å². The molecule has 19 heavy (non-hydrogen) atoms. The van der Waals surface area contributed by atoms with Gasteiger partial charge in [0.05, 0.1) is 12.0 Å². The second-order valence-electron chi connectivity index (χ2n) is 4.24. The van der Waals surface area contributed by atoms with Gasteiger partial charge in [-0.05, 0) is 25.0 Å². The van der Waals surface area contributed by atoms with Crippen LogP contribution in [0.15, 0.2) is 33.5 Å². The minimum absolute atomic E-state index is 0.0390. The first kappa shape index (κ1) is 13.3. The van der Waals surface area contributed by atoms with Crippen molar-refractivity contribution in [3.05, 3.63) is 45.8 Å². The lowest BCUT2D eigenvalue weighted by atomic mass is 10.1. The summed E-state index contributed by atoms with van der Waals surface area (Å²) < 4.78 is 10.4. The molecule has 0 unspecified atom stereocenters. The van der Waals surface area contributed by atoms with Gasteiger partial charge in [0.2, 0.25) is 5.76 Å². The van der Waals surface area contributed by atoms with Gasteiger partial charge in [0.15, 0.2) is 5.43 Å². The quantitative estimate of drug-likeness (QED) is 0.793. The fourth-order valence-corrected chi connectivity index (χ4v) is 2.00. The van der Waals surface area contributed by atoms with Crippen molar-refractivity contribution in [3.8, 4) is 0 Å². The van der Waals surface area contributed by atoms with E-state index in [0.717, 1.165) is 18.4 Å². The van der Waals surface area contributed by atoms with Crippen LogP contribution < -0.4 is 5.43 Å². The number of hydrogen-bond donors (Lipinski definition) is 0. The number of hydrogen-bond acceptors (Lipinski definition) is 4. The molecule has 0 aliphatic carbocycles. The molecule has 2 aromatic rings. The van der Waals surface area contributed by atoms with Gasteiger partial charge in [-0.3, -0.25) is 4.79 Å². The molecule has 0 aliphatic rings. The van der Waals surface area contributed by atoms with Gasteiger partial charge in [0.1, 0.15) is 5.58 Å². The average Bonchev–Trinajstić information content (AvgIpc) is 2.40. The van der Waals surface area contributed by atoms with Gasteiger partial charge in [-0.1, -0.05) is 25.5 Å². The lowest BCUT2D eigenvalue weighted by Crippen LogP contribution is -2.10. The van der Waals surface area contributed by atoms with E-state index in [9.17, 15) is 9.59 Å². The predicted octanol–water partition coefficient (Wildman–Crippen LogP) is 2.92. The van der Waals surface area contributed by atoms with Crippen molar-refractivity contribution in [1.29, 1.82) is 0 Å². The summed E-state index contributed by atoms with van der Waals surface area (Å²) >= 11 is 0. The Hall–Kier alpha value is -2.10. The minimum Gasteiger partial charge on any atom is -0.460 e. The van der Waals surface area contributed by atoms with Crippen LogP contribution in [0.1, 0.15) is 36.4 Å². The Labute approximate surface area is 111 Å². The summed E-state index contributed by atoms with van der Waals surface area (Å²) in [6.07, 6.45) is 1.74. The Morgan fingerprint density at radius 2 is 2.11 bits per heavy atom. The molecule has 4 nitrogen and oxygen atoms in total. The molecular formula is C15H16O4. The van der Waals surface area contributed by atoms with Gasteiger partial charge >= 0.3 is 5.97 Å². The number of carbonyl (C=O) groups is 1. The molecule has 0 bridgehead atoms. The van der Waals surface area contributed by atoms with Crippen molar-refractivity contribution in [1.82, 2.24) is 0 Å². The van der Waals surface area contributed by atoms with Crippen LogP contribution in [0.2, 0.25) is 0 Å². The summed E-state index contributed by atoms with van der Waals surface area (Å²) in [4.78, 5) is 23.7. The van der Waals surface area contributed by atoms with E-state index in [1.165, 1.54) is 6.07 Å². The van der Waals surface area contributed by atoms with Gasteiger partial charge in [0, 0.05) is 6.07 Å². The molecule has 1 aromatic heterocycles. The van der Waals surface area contributed by atoms with Crippen LogP contribution in [0.5, 0.6) is 0 Å². The fourth-order valence-electron chi connectivity index (χ4n) is 2.00. The number of aryl methyl sites for hydroxylation is 1. The third kappa shape index (κ3) is 2.67. The lowest BCUT2D eigenvalue weighted by Gasteiger charge is -2.06. The Morgan fingerprint density at radius 3 is 2.79 bits per heavy atom. The molecule has 0 atom stereocenters. The third-order valence-electron chi connectivity index (χ3n) is 2.83. The Bertz CT molecular complexity index is 655. The summed E-state index contributed by atoms with van der Waals surface area (Å²) in [5.74, 6) is -0.643. The van der Waals surface area contributed by atoms with E-state index >= 15 is 0 Å². The van der Waals surface area contributed by atoms with Crippen LogP contribution in [-0.4, -0.2) is 12.6 Å². The lowest BCUT2D eigenvalue weighted by molar-refractivity contribution is 0.0490. The smallest absolute Gasteiger partial charge is 0.374 e. The van der Waals surface area contributed by atoms with E-state index in [-0.39, 0.29) is 17.8 Å². The molecule has 1 heterocycles. The van der Waals surface area contributed by atoms with Crippen molar-refractivity contribution in [3.63, 3.8) is 0 Å². The van der Waals surface area contributed by atoms with Crippen molar-refractivity contribution in [2.24, 2.45) is 0 Å². The van der Waals surface area contributed by atoms with Crippen LogP contribution in [0, 0.1) is 0 Å². The SMILES string of the molecule is CCCc1cccc2c(=O)cc(C(=O)OCC)oc12. The van der Waals surface area contributed by atoms with E-state index in [2.05, 4.69) is 0 Å². The first-order chi connectivity index (χ1) is 9.17. The number of benzene rings is 1. The molecule has 0 saturated heterocycles. The number of carbonyl (C=O) groups excluding carboxylic acids is 1.